The molecule has 0 amide bonds. The molecule has 0 unspecified atom stereocenters. The van der Waals surface area contributed by atoms with E-state index in [1.165, 1.54) is 25.0 Å². The Hall–Kier alpha value is -0.830. The zero-order valence-electron chi connectivity index (χ0n) is 12.7. The van der Waals surface area contributed by atoms with Crippen LogP contribution in [0.4, 0.5) is 0 Å². The standard InChI is InChI=1S/C17H24N2S/c1-16(2)13-7-8-17(16,3)14(12-13)18-10-11-20-15-6-4-5-9-19-15/h4-6,9,13H,7-8,10-12H2,1-3H3/t13-,17+/m1/s1. The van der Waals surface area contributed by atoms with Crippen molar-refractivity contribution in [3.8, 4) is 0 Å². The lowest BCUT2D eigenvalue weighted by Crippen LogP contribution is -2.32. The molecule has 2 fully saturated rings. The second-order valence-electron chi connectivity index (χ2n) is 6.84. The highest BCUT2D eigenvalue weighted by molar-refractivity contribution is 7.99. The summed E-state index contributed by atoms with van der Waals surface area (Å²) in [6.07, 6.45) is 5.81. The molecule has 2 aliphatic rings. The predicted molar refractivity (Wildman–Crippen MR) is 86.5 cm³/mol. The topological polar surface area (TPSA) is 25.2 Å². The zero-order valence-corrected chi connectivity index (χ0v) is 13.5. The molecule has 2 atom stereocenters. The normalized spacial score (nSPS) is 33.0. The fourth-order valence-electron chi connectivity index (χ4n) is 3.93. The Morgan fingerprint density at radius 2 is 2.20 bits per heavy atom. The Labute approximate surface area is 126 Å². The number of nitrogens with zero attached hydrogens (tertiary/aromatic N) is 2. The fourth-order valence-corrected chi connectivity index (χ4v) is 4.63. The SMILES string of the molecule is CC1(C)[C@@H]2CC[C@@]1(C)C(=NCCSc1ccccn1)C2. The van der Waals surface area contributed by atoms with E-state index in [0.29, 0.717) is 10.8 Å². The van der Waals surface area contributed by atoms with Crippen LogP contribution < -0.4 is 0 Å². The summed E-state index contributed by atoms with van der Waals surface area (Å²) < 4.78 is 0. The van der Waals surface area contributed by atoms with E-state index in [1.54, 1.807) is 11.8 Å². The van der Waals surface area contributed by atoms with Crippen LogP contribution in [-0.4, -0.2) is 23.0 Å². The number of fused-ring (bicyclic) bond motifs is 2. The Morgan fingerprint density at radius 3 is 2.80 bits per heavy atom. The molecule has 2 saturated carbocycles. The lowest BCUT2D eigenvalue weighted by molar-refractivity contribution is 0.194. The van der Waals surface area contributed by atoms with Crippen molar-refractivity contribution in [2.45, 2.75) is 45.1 Å². The third kappa shape index (κ3) is 2.20. The van der Waals surface area contributed by atoms with Crippen LogP contribution in [0, 0.1) is 16.7 Å². The molecule has 108 valence electrons. The minimum Gasteiger partial charge on any atom is -0.293 e. The second kappa shape index (κ2) is 5.18. The molecular formula is C17H24N2S. The predicted octanol–water partition coefficient (Wildman–Crippen LogP) is 4.46. The van der Waals surface area contributed by atoms with E-state index in [-0.39, 0.29) is 0 Å². The average Bonchev–Trinajstić information content (AvgIpc) is 2.78. The van der Waals surface area contributed by atoms with E-state index in [9.17, 15) is 0 Å². The number of hydrogen-bond acceptors (Lipinski definition) is 3. The first-order valence-electron chi connectivity index (χ1n) is 7.62. The third-order valence-electron chi connectivity index (χ3n) is 5.79. The highest BCUT2D eigenvalue weighted by atomic mass is 32.2. The van der Waals surface area contributed by atoms with Gasteiger partial charge in [0.15, 0.2) is 0 Å². The molecule has 3 rings (SSSR count). The first-order valence-corrected chi connectivity index (χ1v) is 8.60. The maximum atomic E-state index is 4.96. The number of hydrogen-bond donors (Lipinski definition) is 0. The molecule has 20 heavy (non-hydrogen) atoms. The van der Waals surface area contributed by atoms with E-state index in [4.69, 9.17) is 4.99 Å². The Balaban J connectivity index is 1.58. The minimum atomic E-state index is 0.354. The first-order chi connectivity index (χ1) is 9.54. The number of aromatic nitrogens is 1. The molecule has 2 aliphatic carbocycles. The van der Waals surface area contributed by atoms with Crippen molar-refractivity contribution >= 4 is 17.5 Å². The molecule has 1 aromatic rings. The highest BCUT2D eigenvalue weighted by Crippen LogP contribution is 2.63. The van der Waals surface area contributed by atoms with Gasteiger partial charge >= 0.3 is 0 Å². The van der Waals surface area contributed by atoms with Crippen LogP contribution >= 0.6 is 11.8 Å². The molecule has 2 bridgehead atoms. The number of pyridine rings is 1. The van der Waals surface area contributed by atoms with Crippen LogP contribution in [0.15, 0.2) is 34.4 Å². The summed E-state index contributed by atoms with van der Waals surface area (Å²) >= 11 is 1.80. The highest BCUT2D eigenvalue weighted by Gasteiger charge is 2.59. The van der Waals surface area contributed by atoms with Crippen LogP contribution in [0.1, 0.15) is 40.0 Å². The van der Waals surface area contributed by atoms with Crippen LogP contribution in [0.25, 0.3) is 0 Å². The maximum absolute atomic E-state index is 4.96. The van der Waals surface area contributed by atoms with Gasteiger partial charge in [0.25, 0.3) is 0 Å². The van der Waals surface area contributed by atoms with Crippen LogP contribution in [0.2, 0.25) is 0 Å². The molecule has 0 aliphatic heterocycles. The molecule has 0 radical (unpaired) electrons. The van der Waals surface area contributed by atoms with E-state index in [0.717, 1.165) is 23.2 Å². The second-order valence-corrected chi connectivity index (χ2v) is 7.95. The van der Waals surface area contributed by atoms with Gasteiger partial charge in [-0.3, -0.25) is 4.99 Å². The summed E-state index contributed by atoms with van der Waals surface area (Å²) in [5, 5.41) is 1.10. The smallest absolute Gasteiger partial charge is 0.0960 e. The third-order valence-corrected chi connectivity index (χ3v) is 6.72. The van der Waals surface area contributed by atoms with Gasteiger partial charge in [-0.1, -0.05) is 26.8 Å². The molecular weight excluding hydrogens is 264 g/mol. The average molecular weight is 288 g/mol. The summed E-state index contributed by atoms with van der Waals surface area (Å²) in [4.78, 5) is 9.29. The molecule has 2 nitrogen and oxygen atoms in total. The van der Waals surface area contributed by atoms with Crippen molar-refractivity contribution in [2.75, 3.05) is 12.3 Å². The lowest BCUT2D eigenvalue weighted by atomic mass is 9.70. The number of thioether (sulfide) groups is 1. The molecule has 3 heteroatoms. The van der Waals surface area contributed by atoms with Crippen LogP contribution in [-0.2, 0) is 0 Å². The Bertz CT molecular complexity index is 509. The molecule has 0 N–H and O–H groups in total. The van der Waals surface area contributed by atoms with Gasteiger partial charge in [-0.2, -0.15) is 0 Å². The zero-order chi connectivity index (χ0) is 14.2. The Morgan fingerprint density at radius 1 is 1.35 bits per heavy atom. The van der Waals surface area contributed by atoms with Crippen molar-refractivity contribution in [2.24, 2.45) is 21.7 Å². The van der Waals surface area contributed by atoms with E-state index >= 15 is 0 Å². The number of rotatable bonds is 4. The lowest BCUT2D eigenvalue weighted by Gasteiger charge is -2.34. The fraction of sp³-hybridized carbons (Fsp3) is 0.647. The summed E-state index contributed by atoms with van der Waals surface area (Å²) in [6.45, 7) is 8.24. The maximum Gasteiger partial charge on any atom is 0.0960 e. The van der Waals surface area contributed by atoms with Crippen molar-refractivity contribution in [3.05, 3.63) is 24.4 Å². The van der Waals surface area contributed by atoms with Crippen molar-refractivity contribution in [3.63, 3.8) is 0 Å². The molecule has 0 saturated heterocycles. The van der Waals surface area contributed by atoms with Crippen molar-refractivity contribution in [1.82, 2.24) is 4.98 Å². The largest absolute Gasteiger partial charge is 0.293 e. The first kappa shape index (κ1) is 14.1. The van der Waals surface area contributed by atoms with Gasteiger partial charge in [-0.25, -0.2) is 4.98 Å². The van der Waals surface area contributed by atoms with Gasteiger partial charge in [-0.05, 0) is 42.7 Å². The van der Waals surface area contributed by atoms with Gasteiger partial charge < -0.3 is 0 Å². The molecule has 1 aromatic heterocycles. The molecule has 0 spiro atoms. The van der Waals surface area contributed by atoms with Crippen molar-refractivity contribution in [1.29, 1.82) is 0 Å². The summed E-state index contributed by atoms with van der Waals surface area (Å²) in [5.41, 5.74) is 2.29. The Kier molecular flexibility index (Phi) is 3.65. The van der Waals surface area contributed by atoms with E-state index in [2.05, 4.69) is 31.8 Å². The molecule has 0 aromatic carbocycles. The summed E-state index contributed by atoms with van der Waals surface area (Å²) in [6, 6.07) is 6.07. The van der Waals surface area contributed by atoms with Gasteiger partial charge in [0.1, 0.15) is 0 Å². The van der Waals surface area contributed by atoms with Gasteiger partial charge in [-0.15, -0.1) is 11.8 Å². The van der Waals surface area contributed by atoms with Crippen LogP contribution in [0.5, 0.6) is 0 Å². The molecule has 1 heterocycles. The quantitative estimate of drug-likeness (QED) is 0.603. The number of aliphatic imine (C=N–C) groups is 1. The van der Waals surface area contributed by atoms with E-state index in [1.807, 2.05) is 18.3 Å². The van der Waals surface area contributed by atoms with Crippen LogP contribution in [0.3, 0.4) is 0 Å². The van der Waals surface area contributed by atoms with Gasteiger partial charge in [0.2, 0.25) is 0 Å². The van der Waals surface area contributed by atoms with Gasteiger partial charge in [0.05, 0.1) is 5.03 Å². The van der Waals surface area contributed by atoms with Crippen molar-refractivity contribution < 1.29 is 0 Å². The summed E-state index contributed by atoms with van der Waals surface area (Å²) in [7, 11) is 0. The minimum absolute atomic E-state index is 0.354. The summed E-state index contributed by atoms with van der Waals surface area (Å²) in [5.74, 6) is 1.89. The monoisotopic (exact) mass is 288 g/mol. The van der Waals surface area contributed by atoms with Gasteiger partial charge in [0, 0.05) is 29.6 Å². The van der Waals surface area contributed by atoms with E-state index < -0.39 is 0 Å².